The lowest BCUT2D eigenvalue weighted by molar-refractivity contribution is -0.117. The maximum absolute atomic E-state index is 12.5. The van der Waals surface area contributed by atoms with Crippen molar-refractivity contribution in [2.24, 2.45) is 0 Å². The van der Waals surface area contributed by atoms with E-state index in [9.17, 15) is 9.59 Å². The molecule has 0 unspecified atom stereocenters. The molecule has 5 nitrogen and oxygen atoms in total. The molecule has 0 saturated heterocycles. The van der Waals surface area contributed by atoms with Gasteiger partial charge in [-0.25, -0.2) is 9.78 Å². The number of ketones is 1. The Kier molecular flexibility index (Phi) is 6.60. The molecule has 0 aliphatic rings. The minimum atomic E-state index is -0.533. The summed E-state index contributed by atoms with van der Waals surface area (Å²) in [5.74, 6) is 0.158. The number of carbonyl (C=O) groups is 2. The van der Waals surface area contributed by atoms with E-state index in [0.717, 1.165) is 5.56 Å². The van der Waals surface area contributed by atoms with Gasteiger partial charge >= 0.3 is 5.97 Å². The van der Waals surface area contributed by atoms with Crippen molar-refractivity contribution >= 4 is 23.4 Å². The summed E-state index contributed by atoms with van der Waals surface area (Å²) in [6.45, 7) is 6.23. The lowest BCUT2D eigenvalue weighted by Crippen LogP contribution is -2.14. The Morgan fingerprint density at radius 1 is 1.11 bits per heavy atom. The van der Waals surface area contributed by atoms with Crippen LogP contribution in [0, 0.1) is 0 Å². The van der Waals surface area contributed by atoms with Crippen molar-refractivity contribution < 1.29 is 19.1 Å². The van der Waals surface area contributed by atoms with Crippen molar-refractivity contribution in [2.75, 3.05) is 14.2 Å². The number of pyridine rings is 1. The molecule has 1 aromatic heterocycles. The van der Waals surface area contributed by atoms with Crippen LogP contribution in [0.15, 0.2) is 30.5 Å². The van der Waals surface area contributed by atoms with Crippen molar-refractivity contribution in [3.8, 4) is 5.75 Å². The van der Waals surface area contributed by atoms with Crippen LogP contribution in [0.25, 0.3) is 0 Å². The van der Waals surface area contributed by atoms with E-state index in [1.54, 1.807) is 19.2 Å². The van der Waals surface area contributed by atoms with Crippen molar-refractivity contribution in [1.82, 2.24) is 4.98 Å². The Hall–Kier alpha value is -2.40. The van der Waals surface area contributed by atoms with Crippen LogP contribution in [0.5, 0.6) is 5.75 Å². The normalized spacial score (nSPS) is 11.2. The average molecular weight is 390 g/mol. The van der Waals surface area contributed by atoms with Gasteiger partial charge in [0.05, 0.1) is 14.2 Å². The number of halogens is 1. The predicted molar refractivity (Wildman–Crippen MR) is 105 cm³/mol. The van der Waals surface area contributed by atoms with Gasteiger partial charge < -0.3 is 9.47 Å². The molecule has 1 aromatic carbocycles. The third-order valence-corrected chi connectivity index (χ3v) is 4.54. The predicted octanol–water partition coefficient (Wildman–Crippen LogP) is 4.18. The Morgan fingerprint density at radius 3 is 2.41 bits per heavy atom. The molecule has 0 aliphatic carbocycles. The first kappa shape index (κ1) is 20.9. The second kappa shape index (κ2) is 8.53. The van der Waals surface area contributed by atoms with Crippen molar-refractivity contribution in [3.05, 3.63) is 57.9 Å². The molecule has 2 rings (SSSR count). The zero-order valence-electron chi connectivity index (χ0n) is 16.3. The fourth-order valence-corrected chi connectivity index (χ4v) is 3.02. The number of methoxy groups -OCH3 is 2. The number of hydrogen-bond donors (Lipinski definition) is 0. The first-order valence-electron chi connectivity index (χ1n) is 8.57. The van der Waals surface area contributed by atoms with Gasteiger partial charge in [-0.2, -0.15) is 0 Å². The Balaban J connectivity index is 2.20. The summed E-state index contributed by atoms with van der Waals surface area (Å²) in [4.78, 5) is 28.0. The van der Waals surface area contributed by atoms with Crippen LogP contribution in [0.2, 0.25) is 5.02 Å². The molecule has 0 atom stereocenters. The highest BCUT2D eigenvalue weighted by Gasteiger charge is 2.21. The highest BCUT2D eigenvalue weighted by atomic mass is 35.5. The Bertz CT molecular complexity index is 856. The van der Waals surface area contributed by atoms with Crippen LogP contribution in [-0.4, -0.2) is 31.0 Å². The minimum Gasteiger partial charge on any atom is -0.496 e. The summed E-state index contributed by atoms with van der Waals surface area (Å²) < 4.78 is 10.1. The third-order valence-electron chi connectivity index (χ3n) is 4.18. The molecule has 0 radical (unpaired) electrons. The number of rotatable bonds is 6. The summed E-state index contributed by atoms with van der Waals surface area (Å²) in [7, 11) is 2.90. The summed E-state index contributed by atoms with van der Waals surface area (Å²) in [6.07, 6.45) is 1.84. The van der Waals surface area contributed by atoms with E-state index in [1.165, 1.54) is 13.3 Å². The molecule has 144 valence electrons. The number of Topliss-reactive ketones (excluding diaryl/α,β-unsaturated/α-hetero) is 1. The van der Waals surface area contributed by atoms with Gasteiger partial charge in [-0.15, -0.1) is 0 Å². The SMILES string of the molecule is COC(=O)c1cc(CC(=O)Cc2cc(OC)c(C(C)(C)C)cc2Cl)ccn1. The molecular weight excluding hydrogens is 366 g/mol. The lowest BCUT2D eigenvalue weighted by Gasteiger charge is -2.23. The van der Waals surface area contributed by atoms with Crippen LogP contribution >= 0.6 is 11.6 Å². The summed E-state index contributed by atoms with van der Waals surface area (Å²) in [5.41, 5.74) is 2.46. The topological polar surface area (TPSA) is 65.5 Å². The van der Waals surface area contributed by atoms with Gasteiger partial charge in [0.1, 0.15) is 17.2 Å². The van der Waals surface area contributed by atoms with E-state index in [0.29, 0.717) is 21.9 Å². The zero-order chi connectivity index (χ0) is 20.2. The molecule has 0 bridgehead atoms. The second-order valence-electron chi connectivity index (χ2n) is 7.33. The fourth-order valence-electron chi connectivity index (χ4n) is 2.79. The number of nitrogens with zero attached hydrogens (tertiary/aromatic N) is 1. The highest BCUT2D eigenvalue weighted by molar-refractivity contribution is 6.31. The largest absolute Gasteiger partial charge is 0.496 e. The van der Waals surface area contributed by atoms with Crippen LogP contribution in [-0.2, 0) is 27.8 Å². The molecule has 0 spiro atoms. The molecule has 6 heteroatoms. The van der Waals surface area contributed by atoms with Gasteiger partial charge in [-0.1, -0.05) is 32.4 Å². The molecule has 0 N–H and O–H groups in total. The monoisotopic (exact) mass is 389 g/mol. The van der Waals surface area contributed by atoms with E-state index in [1.807, 2.05) is 12.1 Å². The fraction of sp³-hybridized carbons (Fsp3) is 0.381. The quantitative estimate of drug-likeness (QED) is 0.693. The van der Waals surface area contributed by atoms with Gasteiger partial charge in [0.2, 0.25) is 0 Å². The van der Waals surface area contributed by atoms with Crippen LogP contribution < -0.4 is 4.74 Å². The van der Waals surface area contributed by atoms with Crippen LogP contribution in [0.3, 0.4) is 0 Å². The summed E-state index contributed by atoms with van der Waals surface area (Å²) in [6, 6.07) is 6.96. The van der Waals surface area contributed by atoms with Crippen molar-refractivity contribution in [3.63, 3.8) is 0 Å². The van der Waals surface area contributed by atoms with Gasteiger partial charge in [-0.05, 0) is 40.8 Å². The van der Waals surface area contributed by atoms with Gasteiger partial charge in [0.25, 0.3) is 0 Å². The number of aromatic nitrogens is 1. The van der Waals surface area contributed by atoms with E-state index in [2.05, 4.69) is 30.5 Å². The molecule has 0 aliphatic heterocycles. The van der Waals surface area contributed by atoms with Crippen molar-refractivity contribution in [1.29, 1.82) is 0 Å². The highest BCUT2D eigenvalue weighted by Crippen LogP contribution is 2.35. The number of carbonyl (C=O) groups excluding carboxylic acids is 2. The summed E-state index contributed by atoms with van der Waals surface area (Å²) >= 11 is 6.42. The van der Waals surface area contributed by atoms with Crippen LogP contribution in [0.1, 0.15) is 48.0 Å². The van der Waals surface area contributed by atoms with Gasteiger partial charge in [0, 0.05) is 29.6 Å². The van der Waals surface area contributed by atoms with E-state index >= 15 is 0 Å². The first-order chi connectivity index (χ1) is 12.7. The zero-order valence-corrected chi connectivity index (χ0v) is 17.0. The van der Waals surface area contributed by atoms with Gasteiger partial charge in [-0.3, -0.25) is 4.79 Å². The first-order valence-corrected chi connectivity index (χ1v) is 8.95. The Morgan fingerprint density at radius 2 is 1.81 bits per heavy atom. The average Bonchev–Trinajstić information content (AvgIpc) is 2.61. The van der Waals surface area contributed by atoms with Crippen molar-refractivity contribution in [2.45, 2.75) is 39.0 Å². The van der Waals surface area contributed by atoms with E-state index < -0.39 is 5.97 Å². The maximum Gasteiger partial charge on any atom is 0.356 e. The Labute approximate surface area is 164 Å². The van der Waals surface area contributed by atoms with E-state index in [4.69, 9.17) is 16.3 Å². The number of ether oxygens (including phenoxy) is 2. The molecule has 1 heterocycles. The molecule has 2 aromatic rings. The molecule has 0 fully saturated rings. The standard InChI is InChI=1S/C21H24ClNO4/c1-21(2,3)16-12-17(22)14(11-19(16)26-4)10-15(24)8-13-6-7-23-18(9-13)20(25)27-5/h6-7,9,11-12H,8,10H2,1-5H3. The molecular formula is C21H24ClNO4. The number of hydrogen-bond acceptors (Lipinski definition) is 5. The number of benzene rings is 1. The minimum absolute atomic E-state index is 0.0236. The number of esters is 1. The smallest absolute Gasteiger partial charge is 0.356 e. The van der Waals surface area contributed by atoms with Gasteiger partial charge in [0.15, 0.2) is 0 Å². The van der Waals surface area contributed by atoms with E-state index in [-0.39, 0.29) is 29.7 Å². The second-order valence-corrected chi connectivity index (χ2v) is 7.73. The lowest BCUT2D eigenvalue weighted by atomic mass is 9.85. The molecule has 0 amide bonds. The molecule has 0 saturated carbocycles. The maximum atomic E-state index is 12.5. The van der Waals surface area contributed by atoms with Crippen LogP contribution in [0.4, 0.5) is 0 Å². The summed E-state index contributed by atoms with van der Waals surface area (Å²) in [5, 5.41) is 0.541. The third kappa shape index (κ3) is 5.30. The molecule has 27 heavy (non-hydrogen) atoms.